The first-order valence-corrected chi connectivity index (χ1v) is 5.49. The largest absolute Gasteiger partial charge is 0.468 e. The van der Waals surface area contributed by atoms with E-state index in [1.54, 1.807) is 6.26 Å². The molecule has 15 heavy (non-hydrogen) atoms. The van der Waals surface area contributed by atoms with Crippen LogP contribution in [0.2, 0.25) is 5.02 Å². The number of rotatable bonds is 3. The van der Waals surface area contributed by atoms with Crippen LogP contribution in [0.15, 0.2) is 47.1 Å². The van der Waals surface area contributed by atoms with Crippen LogP contribution in [0.1, 0.15) is 16.7 Å². The Hall–Kier alpha value is -0.920. The van der Waals surface area contributed by atoms with Crippen LogP contribution in [-0.2, 0) is 6.42 Å². The summed E-state index contributed by atoms with van der Waals surface area (Å²) in [7, 11) is 0. The fourth-order valence-electron chi connectivity index (χ4n) is 1.44. The van der Waals surface area contributed by atoms with Gasteiger partial charge in [-0.2, -0.15) is 0 Å². The van der Waals surface area contributed by atoms with E-state index >= 15 is 0 Å². The van der Waals surface area contributed by atoms with Crippen LogP contribution < -0.4 is 0 Å². The van der Waals surface area contributed by atoms with Crippen LogP contribution in [0.3, 0.4) is 0 Å². The van der Waals surface area contributed by atoms with Crippen LogP contribution in [-0.4, -0.2) is 0 Å². The number of alkyl halides is 1. The van der Waals surface area contributed by atoms with Gasteiger partial charge in [0.1, 0.15) is 5.76 Å². The summed E-state index contributed by atoms with van der Waals surface area (Å²) in [5.41, 5.74) is 1.11. The zero-order valence-corrected chi connectivity index (χ0v) is 9.50. The normalized spacial score (nSPS) is 12.7. The maximum absolute atomic E-state index is 6.20. The van der Waals surface area contributed by atoms with Gasteiger partial charge in [0, 0.05) is 5.02 Å². The van der Waals surface area contributed by atoms with Crippen molar-refractivity contribution in [3.8, 4) is 0 Å². The summed E-state index contributed by atoms with van der Waals surface area (Å²) in [5.74, 6) is 0.789. The fraction of sp³-hybridized carbons (Fsp3) is 0.167. The van der Waals surface area contributed by atoms with Gasteiger partial charge in [0.05, 0.1) is 11.6 Å². The average molecular weight is 241 g/mol. The number of furan rings is 1. The van der Waals surface area contributed by atoms with Crippen molar-refractivity contribution in [2.24, 2.45) is 0 Å². The Morgan fingerprint density at radius 1 is 1.20 bits per heavy atom. The zero-order chi connectivity index (χ0) is 10.7. The average Bonchev–Trinajstić information content (AvgIpc) is 2.70. The van der Waals surface area contributed by atoms with Gasteiger partial charge in [-0.3, -0.25) is 0 Å². The minimum atomic E-state index is -0.140. The third kappa shape index (κ3) is 2.77. The highest BCUT2D eigenvalue weighted by molar-refractivity contribution is 6.30. The molecule has 0 bridgehead atoms. The Kier molecular flexibility index (Phi) is 3.34. The van der Waals surface area contributed by atoms with Crippen LogP contribution in [0.25, 0.3) is 0 Å². The Morgan fingerprint density at radius 3 is 2.73 bits per heavy atom. The highest BCUT2D eigenvalue weighted by atomic mass is 35.5. The third-order valence-electron chi connectivity index (χ3n) is 2.16. The summed E-state index contributed by atoms with van der Waals surface area (Å²) in [4.78, 5) is 0. The Bertz CT molecular complexity index is 423. The molecule has 0 aliphatic heterocycles. The molecule has 1 atom stereocenters. The van der Waals surface area contributed by atoms with E-state index in [1.165, 1.54) is 0 Å². The van der Waals surface area contributed by atoms with Crippen molar-refractivity contribution in [3.63, 3.8) is 0 Å². The first-order chi connectivity index (χ1) is 7.25. The molecule has 0 amide bonds. The second-order valence-corrected chi connectivity index (χ2v) is 4.28. The highest BCUT2D eigenvalue weighted by Gasteiger charge is 2.11. The minimum Gasteiger partial charge on any atom is -0.468 e. The first-order valence-electron chi connectivity index (χ1n) is 4.67. The summed E-state index contributed by atoms with van der Waals surface area (Å²) >= 11 is 12.1. The third-order valence-corrected chi connectivity index (χ3v) is 2.76. The second-order valence-electron chi connectivity index (χ2n) is 3.32. The van der Waals surface area contributed by atoms with Gasteiger partial charge in [-0.25, -0.2) is 0 Å². The van der Waals surface area contributed by atoms with Crippen molar-refractivity contribution >= 4 is 23.2 Å². The van der Waals surface area contributed by atoms with E-state index in [4.69, 9.17) is 27.6 Å². The predicted molar refractivity (Wildman–Crippen MR) is 62.5 cm³/mol. The van der Waals surface area contributed by atoms with E-state index in [2.05, 4.69) is 0 Å². The predicted octanol–water partition coefficient (Wildman–Crippen LogP) is 4.46. The van der Waals surface area contributed by atoms with E-state index in [1.807, 2.05) is 36.4 Å². The molecule has 3 heteroatoms. The fourth-order valence-corrected chi connectivity index (χ4v) is 1.96. The molecule has 2 rings (SSSR count). The van der Waals surface area contributed by atoms with Crippen LogP contribution in [0.5, 0.6) is 0 Å². The molecule has 0 spiro atoms. The van der Waals surface area contributed by atoms with Gasteiger partial charge >= 0.3 is 0 Å². The first kappa shape index (κ1) is 10.6. The van der Waals surface area contributed by atoms with Crippen molar-refractivity contribution in [2.45, 2.75) is 11.8 Å². The lowest BCUT2D eigenvalue weighted by Gasteiger charge is -2.06. The van der Waals surface area contributed by atoms with Crippen LogP contribution >= 0.6 is 23.2 Å². The zero-order valence-electron chi connectivity index (χ0n) is 7.99. The van der Waals surface area contributed by atoms with Gasteiger partial charge in [-0.05, 0) is 36.2 Å². The number of benzene rings is 1. The van der Waals surface area contributed by atoms with Crippen LogP contribution in [0.4, 0.5) is 0 Å². The Labute approximate surface area is 98.6 Å². The SMILES string of the molecule is Clc1cccc(CC(Cl)c2ccco2)c1. The van der Waals surface area contributed by atoms with Crippen molar-refractivity contribution in [3.05, 3.63) is 59.0 Å². The number of halogens is 2. The van der Waals surface area contributed by atoms with E-state index in [0.29, 0.717) is 0 Å². The molecule has 1 nitrogen and oxygen atoms in total. The molecule has 0 N–H and O–H groups in total. The quantitative estimate of drug-likeness (QED) is 0.723. The monoisotopic (exact) mass is 240 g/mol. The molecular weight excluding hydrogens is 231 g/mol. The molecule has 0 saturated heterocycles. The van der Waals surface area contributed by atoms with E-state index in [-0.39, 0.29) is 5.38 Å². The van der Waals surface area contributed by atoms with E-state index < -0.39 is 0 Å². The Morgan fingerprint density at radius 2 is 2.07 bits per heavy atom. The molecule has 1 unspecified atom stereocenters. The summed E-state index contributed by atoms with van der Waals surface area (Å²) < 4.78 is 5.23. The van der Waals surface area contributed by atoms with E-state index in [0.717, 1.165) is 22.8 Å². The lowest BCUT2D eigenvalue weighted by Crippen LogP contribution is -1.93. The standard InChI is InChI=1S/C12H10Cl2O/c13-10-4-1-3-9(7-10)8-11(14)12-5-2-6-15-12/h1-7,11H,8H2. The number of hydrogen-bond donors (Lipinski definition) is 0. The van der Waals surface area contributed by atoms with Gasteiger partial charge < -0.3 is 4.42 Å². The van der Waals surface area contributed by atoms with Crippen molar-refractivity contribution in [1.82, 2.24) is 0 Å². The van der Waals surface area contributed by atoms with Crippen molar-refractivity contribution in [2.75, 3.05) is 0 Å². The molecule has 2 aromatic rings. The summed E-state index contributed by atoms with van der Waals surface area (Å²) in [6.45, 7) is 0. The summed E-state index contributed by atoms with van der Waals surface area (Å²) in [5, 5.41) is 0.592. The molecule has 0 aliphatic carbocycles. The summed E-state index contributed by atoms with van der Waals surface area (Å²) in [6, 6.07) is 11.4. The molecule has 0 saturated carbocycles. The lowest BCUT2D eigenvalue weighted by atomic mass is 10.1. The molecule has 0 fully saturated rings. The topological polar surface area (TPSA) is 13.1 Å². The highest BCUT2D eigenvalue weighted by Crippen LogP contribution is 2.26. The van der Waals surface area contributed by atoms with Gasteiger partial charge in [-0.1, -0.05) is 23.7 Å². The van der Waals surface area contributed by atoms with Crippen molar-refractivity contribution < 1.29 is 4.42 Å². The molecule has 78 valence electrons. The lowest BCUT2D eigenvalue weighted by molar-refractivity contribution is 0.502. The van der Waals surface area contributed by atoms with Gasteiger partial charge in [0.25, 0.3) is 0 Å². The molecule has 1 aromatic carbocycles. The molecule has 0 aliphatic rings. The van der Waals surface area contributed by atoms with Gasteiger partial charge in [0.2, 0.25) is 0 Å². The Balaban J connectivity index is 2.09. The molecule has 1 aromatic heterocycles. The van der Waals surface area contributed by atoms with Gasteiger partial charge in [0.15, 0.2) is 0 Å². The minimum absolute atomic E-state index is 0.140. The number of hydrogen-bond acceptors (Lipinski definition) is 1. The maximum atomic E-state index is 6.20. The van der Waals surface area contributed by atoms with E-state index in [9.17, 15) is 0 Å². The summed E-state index contributed by atoms with van der Waals surface area (Å²) in [6.07, 6.45) is 2.35. The van der Waals surface area contributed by atoms with Crippen LogP contribution in [0, 0.1) is 0 Å². The molecular formula is C12H10Cl2O. The smallest absolute Gasteiger partial charge is 0.121 e. The second kappa shape index (κ2) is 4.73. The maximum Gasteiger partial charge on any atom is 0.121 e. The van der Waals surface area contributed by atoms with Gasteiger partial charge in [-0.15, -0.1) is 11.6 Å². The van der Waals surface area contributed by atoms with Crippen molar-refractivity contribution in [1.29, 1.82) is 0 Å². The molecule has 1 heterocycles. The molecule has 0 radical (unpaired) electrons.